The molecule has 10 nitrogen and oxygen atoms in total. The number of furan rings is 1. The summed E-state index contributed by atoms with van der Waals surface area (Å²) in [4.78, 5) is 38.4. The van der Waals surface area contributed by atoms with E-state index in [1.54, 1.807) is 30.7 Å². The van der Waals surface area contributed by atoms with Gasteiger partial charge in [0.15, 0.2) is 16.7 Å². The molecule has 3 aromatic heterocycles. The maximum absolute atomic E-state index is 12.7. The average Bonchev–Trinajstić information content (AvgIpc) is 3.55. The molecule has 0 bridgehead atoms. The van der Waals surface area contributed by atoms with E-state index in [4.69, 9.17) is 9.15 Å². The van der Waals surface area contributed by atoms with E-state index in [0.717, 1.165) is 36.1 Å². The standard InChI is InChI=1S/C22H25N5O5S2/c1-3-31-21(30)18-13-7-4-5-9-15(13)34-20(18)24-17(28)12-33-22-26-25-16(27(22)2)11-23-19(29)14-8-6-10-32-14/h6,8,10H,3-5,7,9,11-12H2,1-2H3,(H,23,29)(H,24,28). The third-order valence-corrected chi connectivity index (χ3v) is 7.54. The van der Waals surface area contributed by atoms with Gasteiger partial charge in [-0.1, -0.05) is 11.8 Å². The number of hydrogen-bond acceptors (Lipinski definition) is 9. The van der Waals surface area contributed by atoms with Crippen LogP contribution in [0.5, 0.6) is 0 Å². The summed E-state index contributed by atoms with van der Waals surface area (Å²) in [5.74, 6) is -0.138. The van der Waals surface area contributed by atoms with Gasteiger partial charge in [0, 0.05) is 11.9 Å². The van der Waals surface area contributed by atoms with Gasteiger partial charge < -0.3 is 24.4 Å². The van der Waals surface area contributed by atoms with E-state index < -0.39 is 0 Å². The van der Waals surface area contributed by atoms with Gasteiger partial charge in [-0.2, -0.15) is 0 Å². The Morgan fingerprint density at radius 1 is 1.26 bits per heavy atom. The summed E-state index contributed by atoms with van der Waals surface area (Å²) in [6.45, 7) is 2.21. The number of anilines is 1. The zero-order chi connectivity index (χ0) is 24.1. The maximum Gasteiger partial charge on any atom is 0.341 e. The van der Waals surface area contributed by atoms with Crippen molar-refractivity contribution in [2.45, 2.75) is 44.3 Å². The number of rotatable bonds is 9. The third-order valence-electron chi connectivity index (χ3n) is 5.31. The molecule has 2 amide bonds. The van der Waals surface area contributed by atoms with Crippen LogP contribution in [0.25, 0.3) is 0 Å². The number of thiophene rings is 1. The monoisotopic (exact) mass is 503 g/mol. The highest BCUT2D eigenvalue weighted by Crippen LogP contribution is 2.38. The molecule has 0 aromatic carbocycles. The number of carbonyl (C=O) groups is 3. The van der Waals surface area contributed by atoms with Crippen LogP contribution in [0.2, 0.25) is 0 Å². The van der Waals surface area contributed by atoms with Crippen LogP contribution in [-0.2, 0) is 36.0 Å². The van der Waals surface area contributed by atoms with Crippen molar-refractivity contribution >= 4 is 45.9 Å². The van der Waals surface area contributed by atoms with Gasteiger partial charge >= 0.3 is 5.97 Å². The molecule has 34 heavy (non-hydrogen) atoms. The molecule has 4 rings (SSSR count). The molecule has 1 aliphatic rings. The normalized spacial score (nSPS) is 12.8. The number of hydrogen-bond donors (Lipinski definition) is 2. The predicted molar refractivity (Wildman–Crippen MR) is 127 cm³/mol. The summed E-state index contributed by atoms with van der Waals surface area (Å²) in [6, 6.07) is 3.21. The predicted octanol–water partition coefficient (Wildman–Crippen LogP) is 3.19. The number of amides is 2. The Bertz CT molecular complexity index is 1180. The molecule has 0 saturated carbocycles. The second-order valence-electron chi connectivity index (χ2n) is 7.59. The zero-order valence-corrected chi connectivity index (χ0v) is 20.5. The van der Waals surface area contributed by atoms with Gasteiger partial charge in [0.05, 0.1) is 30.7 Å². The van der Waals surface area contributed by atoms with Crippen molar-refractivity contribution < 1.29 is 23.5 Å². The Labute approximate surface area is 204 Å². The Kier molecular flexibility index (Phi) is 7.68. The second kappa shape index (κ2) is 10.9. The molecule has 0 radical (unpaired) electrons. The van der Waals surface area contributed by atoms with Crippen molar-refractivity contribution in [3.05, 3.63) is 46.0 Å². The first-order valence-corrected chi connectivity index (χ1v) is 12.7. The van der Waals surface area contributed by atoms with E-state index in [1.165, 1.54) is 29.4 Å². The van der Waals surface area contributed by atoms with Crippen molar-refractivity contribution in [2.24, 2.45) is 7.05 Å². The lowest BCUT2D eigenvalue weighted by Crippen LogP contribution is -2.24. The lowest BCUT2D eigenvalue weighted by molar-refractivity contribution is -0.113. The van der Waals surface area contributed by atoms with Crippen LogP contribution in [0.4, 0.5) is 5.00 Å². The number of thioether (sulfide) groups is 1. The minimum absolute atomic E-state index is 0.0928. The first-order valence-electron chi connectivity index (χ1n) is 10.9. The summed E-state index contributed by atoms with van der Waals surface area (Å²) in [5, 5.41) is 14.9. The highest BCUT2D eigenvalue weighted by Gasteiger charge is 2.27. The minimum Gasteiger partial charge on any atom is -0.462 e. The fourth-order valence-electron chi connectivity index (χ4n) is 3.64. The van der Waals surface area contributed by atoms with E-state index in [0.29, 0.717) is 21.5 Å². The topological polar surface area (TPSA) is 128 Å². The lowest BCUT2D eigenvalue weighted by atomic mass is 9.95. The summed E-state index contributed by atoms with van der Waals surface area (Å²) in [7, 11) is 1.76. The van der Waals surface area contributed by atoms with E-state index in [-0.39, 0.29) is 42.4 Å². The number of aryl methyl sites for hydroxylation is 1. The lowest BCUT2D eigenvalue weighted by Gasteiger charge is -2.12. The number of aromatic nitrogens is 3. The smallest absolute Gasteiger partial charge is 0.341 e. The van der Waals surface area contributed by atoms with Gasteiger partial charge in [0.25, 0.3) is 5.91 Å². The van der Waals surface area contributed by atoms with Crippen molar-refractivity contribution in [1.29, 1.82) is 0 Å². The largest absolute Gasteiger partial charge is 0.462 e. The van der Waals surface area contributed by atoms with Crippen LogP contribution in [0.1, 0.15) is 56.9 Å². The fraction of sp³-hybridized carbons (Fsp3) is 0.409. The summed E-state index contributed by atoms with van der Waals surface area (Å²) in [6.07, 6.45) is 5.27. The van der Waals surface area contributed by atoms with Crippen molar-refractivity contribution in [2.75, 3.05) is 17.7 Å². The first kappa shape index (κ1) is 24.0. The molecule has 0 fully saturated rings. The first-order chi connectivity index (χ1) is 16.5. The van der Waals surface area contributed by atoms with Crippen molar-refractivity contribution in [1.82, 2.24) is 20.1 Å². The average molecular weight is 504 g/mol. The van der Waals surface area contributed by atoms with Crippen LogP contribution in [-0.4, -0.2) is 44.9 Å². The molecule has 0 aliphatic heterocycles. The van der Waals surface area contributed by atoms with E-state index >= 15 is 0 Å². The van der Waals surface area contributed by atoms with Gasteiger partial charge in [-0.3, -0.25) is 9.59 Å². The van der Waals surface area contributed by atoms with Crippen LogP contribution in [0.3, 0.4) is 0 Å². The number of fused-ring (bicyclic) bond motifs is 1. The molecule has 0 atom stereocenters. The molecule has 0 saturated heterocycles. The Balaban J connectivity index is 1.36. The Morgan fingerprint density at radius 2 is 2.09 bits per heavy atom. The van der Waals surface area contributed by atoms with Gasteiger partial charge in [0.1, 0.15) is 5.00 Å². The fourth-order valence-corrected chi connectivity index (χ4v) is 5.67. The minimum atomic E-state index is -0.389. The molecule has 3 aromatic rings. The van der Waals surface area contributed by atoms with Gasteiger partial charge in [-0.15, -0.1) is 21.5 Å². The van der Waals surface area contributed by atoms with E-state index in [9.17, 15) is 14.4 Å². The number of nitrogens with zero attached hydrogens (tertiary/aromatic N) is 3. The Hall–Kier alpha value is -3.12. The molecular weight excluding hydrogens is 478 g/mol. The molecule has 12 heteroatoms. The SMILES string of the molecule is CCOC(=O)c1c(NC(=O)CSc2nnc(CNC(=O)c3ccco3)n2C)sc2c1CCCC2. The summed E-state index contributed by atoms with van der Waals surface area (Å²) >= 11 is 2.68. The summed E-state index contributed by atoms with van der Waals surface area (Å²) < 4.78 is 12.0. The van der Waals surface area contributed by atoms with Gasteiger partial charge in [0.2, 0.25) is 5.91 Å². The molecule has 0 spiro atoms. The molecule has 0 unspecified atom stereocenters. The maximum atomic E-state index is 12.7. The number of esters is 1. The van der Waals surface area contributed by atoms with E-state index in [1.807, 2.05) is 0 Å². The van der Waals surface area contributed by atoms with Crippen LogP contribution >= 0.6 is 23.1 Å². The zero-order valence-electron chi connectivity index (χ0n) is 18.9. The molecule has 3 heterocycles. The highest BCUT2D eigenvalue weighted by molar-refractivity contribution is 7.99. The number of nitrogens with one attached hydrogen (secondary N) is 2. The van der Waals surface area contributed by atoms with E-state index in [2.05, 4.69) is 20.8 Å². The summed E-state index contributed by atoms with van der Waals surface area (Å²) in [5.41, 5.74) is 1.50. The quantitative estimate of drug-likeness (QED) is 0.337. The highest BCUT2D eigenvalue weighted by atomic mass is 32.2. The second-order valence-corrected chi connectivity index (χ2v) is 9.64. The Morgan fingerprint density at radius 3 is 2.85 bits per heavy atom. The van der Waals surface area contributed by atoms with Crippen LogP contribution in [0, 0.1) is 0 Å². The van der Waals surface area contributed by atoms with Crippen molar-refractivity contribution in [3.63, 3.8) is 0 Å². The molecule has 1 aliphatic carbocycles. The molecular formula is C22H25N5O5S2. The van der Waals surface area contributed by atoms with Crippen LogP contribution in [0.15, 0.2) is 28.0 Å². The number of ether oxygens (including phenoxy) is 1. The third kappa shape index (κ3) is 5.33. The van der Waals surface area contributed by atoms with Gasteiger partial charge in [-0.05, 0) is 50.3 Å². The molecule has 2 N–H and O–H groups in total. The molecule has 180 valence electrons. The van der Waals surface area contributed by atoms with Gasteiger partial charge in [-0.25, -0.2) is 4.79 Å². The van der Waals surface area contributed by atoms with Crippen molar-refractivity contribution in [3.8, 4) is 0 Å². The number of carbonyl (C=O) groups excluding carboxylic acids is 3. The van der Waals surface area contributed by atoms with Crippen LogP contribution < -0.4 is 10.6 Å².